The highest BCUT2D eigenvalue weighted by Gasteiger charge is 2.08. The lowest BCUT2D eigenvalue weighted by Gasteiger charge is -2.17. The van der Waals surface area contributed by atoms with Crippen LogP contribution in [-0.2, 0) is 16.0 Å². The molecular formula is C18H25NO2. The lowest BCUT2D eigenvalue weighted by Crippen LogP contribution is -2.18. The van der Waals surface area contributed by atoms with Gasteiger partial charge in [0.05, 0.1) is 0 Å². The smallest absolute Gasteiger partial charge is 0.157 e. The van der Waals surface area contributed by atoms with Crippen molar-refractivity contribution < 1.29 is 9.47 Å². The Balaban J connectivity index is 1.91. The summed E-state index contributed by atoms with van der Waals surface area (Å²) in [5.74, 6) is 0. The Morgan fingerprint density at radius 2 is 1.67 bits per heavy atom. The molecule has 21 heavy (non-hydrogen) atoms. The van der Waals surface area contributed by atoms with Gasteiger partial charge < -0.3 is 14.0 Å². The molecule has 0 N–H and O–H groups in total. The molecular weight excluding hydrogens is 262 g/mol. The minimum Gasteiger partial charge on any atom is -0.353 e. The average molecular weight is 287 g/mol. The molecule has 2 aromatic rings. The van der Waals surface area contributed by atoms with E-state index in [4.69, 9.17) is 9.47 Å². The van der Waals surface area contributed by atoms with Gasteiger partial charge in [0.2, 0.25) is 0 Å². The summed E-state index contributed by atoms with van der Waals surface area (Å²) in [4.78, 5) is 0. The van der Waals surface area contributed by atoms with E-state index in [-0.39, 0.29) is 6.29 Å². The molecule has 0 aliphatic rings. The molecule has 0 saturated heterocycles. The van der Waals surface area contributed by atoms with E-state index < -0.39 is 0 Å². The van der Waals surface area contributed by atoms with Gasteiger partial charge in [-0.2, -0.15) is 0 Å². The summed E-state index contributed by atoms with van der Waals surface area (Å²) in [6.45, 7) is 6.39. The van der Waals surface area contributed by atoms with E-state index in [2.05, 4.69) is 47.2 Å². The Hall–Kier alpha value is -1.58. The van der Waals surface area contributed by atoms with Gasteiger partial charge in [-0.3, -0.25) is 0 Å². The van der Waals surface area contributed by atoms with Crippen molar-refractivity contribution in [2.24, 2.45) is 0 Å². The molecule has 0 atom stereocenters. The molecule has 0 aliphatic carbocycles. The van der Waals surface area contributed by atoms with Gasteiger partial charge in [-0.05, 0) is 38.0 Å². The zero-order valence-corrected chi connectivity index (χ0v) is 13.0. The van der Waals surface area contributed by atoms with Crippen LogP contribution in [0.25, 0.3) is 11.3 Å². The van der Waals surface area contributed by atoms with Crippen molar-refractivity contribution in [1.82, 2.24) is 4.57 Å². The maximum absolute atomic E-state index is 5.59. The Morgan fingerprint density at radius 3 is 2.33 bits per heavy atom. The third-order valence-electron chi connectivity index (χ3n) is 3.44. The minimum absolute atomic E-state index is 0.0734. The van der Waals surface area contributed by atoms with E-state index in [0.717, 1.165) is 19.4 Å². The zero-order valence-electron chi connectivity index (χ0n) is 13.0. The highest BCUT2D eigenvalue weighted by atomic mass is 16.7. The van der Waals surface area contributed by atoms with Gasteiger partial charge in [0.1, 0.15) is 0 Å². The number of aryl methyl sites for hydroxylation is 1. The predicted octanol–water partition coefficient (Wildman–Crippen LogP) is 4.33. The van der Waals surface area contributed by atoms with E-state index in [1.807, 2.05) is 19.9 Å². The number of nitrogens with zero attached hydrogens (tertiary/aromatic N) is 1. The van der Waals surface area contributed by atoms with Crippen LogP contribution in [0, 0.1) is 0 Å². The summed E-state index contributed by atoms with van der Waals surface area (Å²) in [5.41, 5.74) is 2.52. The fourth-order valence-corrected chi connectivity index (χ4v) is 2.49. The molecule has 2 rings (SSSR count). The number of rotatable bonds is 9. The molecule has 1 heterocycles. The van der Waals surface area contributed by atoms with E-state index in [1.165, 1.54) is 11.3 Å². The Kier molecular flexibility index (Phi) is 6.51. The van der Waals surface area contributed by atoms with Gasteiger partial charge in [-0.15, -0.1) is 0 Å². The topological polar surface area (TPSA) is 23.4 Å². The van der Waals surface area contributed by atoms with E-state index in [9.17, 15) is 0 Å². The molecule has 0 unspecified atom stereocenters. The first kappa shape index (κ1) is 15.8. The normalized spacial score (nSPS) is 11.2. The molecule has 1 aromatic heterocycles. The molecule has 0 aliphatic heterocycles. The third kappa shape index (κ3) is 4.73. The summed E-state index contributed by atoms with van der Waals surface area (Å²) in [7, 11) is 0. The molecule has 0 spiro atoms. The molecule has 1 aromatic carbocycles. The number of hydrogen-bond acceptors (Lipinski definition) is 2. The fraction of sp³-hybridized carbons (Fsp3) is 0.444. The van der Waals surface area contributed by atoms with Crippen molar-refractivity contribution in [2.75, 3.05) is 13.2 Å². The molecule has 0 bridgehead atoms. The number of benzene rings is 1. The number of hydrogen-bond donors (Lipinski definition) is 0. The summed E-state index contributed by atoms with van der Waals surface area (Å²) >= 11 is 0. The summed E-state index contributed by atoms with van der Waals surface area (Å²) in [6.07, 6.45) is 4.03. The zero-order chi connectivity index (χ0) is 14.9. The molecule has 3 nitrogen and oxygen atoms in total. The fourth-order valence-electron chi connectivity index (χ4n) is 2.49. The second-order valence-electron chi connectivity index (χ2n) is 4.94. The second kappa shape index (κ2) is 8.65. The molecule has 0 radical (unpaired) electrons. The maximum atomic E-state index is 5.59. The number of aromatic nitrogens is 1. The largest absolute Gasteiger partial charge is 0.353 e. The van der Waals surface area contributed by atoms with Crippen LogP contribution in [0.3, 0.4) is 0 Å². The molecule has 114 valence electrons. The summed E-state index contributed by atoms with van der Waals surface area (Å²) in [5, 5.41) is 0. The van der Waals surface area contributed by atoms with Crippen LogP contribution in [0.1, 0.15) is 26.7 Å². The minimum atomic E-state index is -0.0734. The van der Waals surface area contributed by atoms with Crippen molar-refractivity contribution in [3.05, 3.63) is 48.7 Å². The SMILES string of the molecule is CCOC(CCCn1cccc1-c1ccccc1)OCC. The second-order valence-corrected chi connectivity index (χ2v) is 4.94. The lowest BCUT2D eigenvalue weighted by molar-refractivity contribution is -0.140. The monoisotopic (exact) mass is 287 g/mol. The molecule has 0 amide bonds. The highest BCUT2D eigenvalue weighted by Crippen LogP contribution is 2.20. The van der Waals surface area contributed by atoms with Crippen LogP contribution >= 0.6 is 0 Å². The van der Waals surface area contributed by atoms with E-state index in [1.54, 1.807) is 0 Å². The highest BCUT2D eigenvalue weighted by molar-refractivity contribution is 5.59. The van der Waals surface area contributed by atoms with Crippen LogP contribution < -0.4 is 0 Å². The van der Waals surface area contributed by atoms with Gasteiger partial charge in [-0.25, -0.2) is 0 Å². The van der Waals surface area contributed by atoms with Crippen LogP contribution in [-0.4, -0.2) is 24.1 Å². The molecule has 0 saturated carbocycles. The van der Waals surface area contributed by atoms with Gasteiger partial charge >= 0.3 is 0 Å². The van der Waals surface area contributed by atoms with Gasteiger partial charge in [0.15, 0.2) is 6.29 Å². The quantitative estimate of drug-likeness (QED) is 0.641. The Bertz CT molecular complexity index is 501. The van der Waals surface area contributed by atoms with Gasteiger partial charge in [0, 0.05) is 38.1 Å². The first-order valence-corrected chi connectivity index (χ1v) is 7.79. The van der Waals surface area contributed by atoms with Gasteiger partial charge in [0.25, 0.3) is 0 Å². The first-order valence-electron chi connectivity index (χ1n) is 7.79. The van der Waals surface area contributed by atoms with Crippen LogP contribution in [0.2, 0.25) is 0 Å². The first-order chi connectivity index (χ1) is 10.3. The Morgan fingerprint density at radius 1 is 0.952 bits per heavy atom. The standard InChI is InChI=1S/C18H25NO2/c1-3-20-18(21-4-2)13-9-15-19-14-8-12-17(19)16-10-6-5-7-11-16/h5-8,10-12,14,18H,3-4,9,13,15H2,1-2H3. The molecule has 0 fully saturated rings. The molecule has 3 heteroatoms. The van der Waals surface area contributed by atoms with Crippen molar-refractivity contribution in [3.63, 3.8) is 0 Å². The van der Waals surface area contributed by atoms with Gasteiger partial charge in [-0.1, -0.05) is 30.3 Å². The summed E-state index contributed by atoms with van der Waals surface area (Å²) < 4.78 is 13.5. The van der Waals surface area contributed by atoms with E-state index >= 15 is 0 Å². The van der Waals surface area contributed by atoms with Crippen LogP contribution in [0.4, 0.5) is 0 Å². The Labute approximate surface area is 127 Å². The summed E-state index contributed by atoms with van der Waals surface area (Å²) in [6, 6.07) is 14.8. The van der Waals surface area contributed by atoms with Crippen molar-refractivity contribution >= 4 is 0 Å². The van der Waals surface area contributed by atoms with Crippen LogP contribution in [0.5, 0.6) is 0 Å². The maximum Gasteiger partial charge on any atom is 0.157 e. The average Bonchev–Trinajstić information content (AvgIpc) is 2.97. The van der Waals surface area contributed by atoms with E-state index in [0.29, 0.717) is 13.2 Å². The predicted molar refractivity (Wildman–Crippen MR) is 86.1 cm³/mol. The lowest BCUT2D eigenvalue weighted by atomic mass is 10.1. The number of ether oxygens (including phenoxy) is 2. The third-order valence-corrected chi connectivity index (χ3v) is 3.44. The van der Waals surface area contributed by atoms with Crippen LogP contribution in [0.15, 0.2) is 48.7 Å². The van der Waals surface area contributed by atoms with Crippen molar-refractivity contribution in [2.45, 2.75) is 39.5 Å². The van der Waals surface area contributed by atoms with Crippen molar-refractivity contribution in [3.8, 4) is 11.3 Å². The van der Waals surface area contributed by atoms with Crippen molar-refractivity contribution in [1.29, 1.82) is 0 Å².